The number of halogens is 3. The summed E-state index contributed by atoms with van der Waals surface area (Å²) in [7, 11) is -2.61. The molecular weight excluding hydrogens is 519 g/mol. The van der Waals surface area contributed by atoms with Crippen molar-refractivity contribution in [1.82, 2.24) is 13.9 Å². The first-order valence-electron chi connectivity index (χ1n) is 11.4. The average molecular weight is 542 g/mol. The molecule has 2 N–H and O–H groups in total. The number of aromatic amines is 1. The number of pyridine rings is 1. The maximum atomic E-state index is 13.2. The van der Waals surface area contributed by atoms with Crippen molar-refractivity contribution < 1.29 is 31.4 Å². The smallest absolute Gasteiger partial charge is 0.364 e. The molecule has 0 saturated carbocycles. The fourth-order valence-corrected chi connectivity index (χ4v) is 5.75. The van der Waals surface area contributed by atoms with Gasteiger partial charge < -0.3 is 14.8 Å². The van der Waals surface area contributed by atoms with Gasteiger partial charge in [0.1, 0.15) is 0 Å². The number of H-pyrrole nitrogens is 1. The van der Waals surface area contributed by atoms with Crippen molar-refractivity contribution in [1.29, 1.82) is 0 Å². The molecule has 0 amide bonds. The minimum absolute atomic E-state index is 0.107. The monoisotopic (exact) mass is 541 g/mol. The Hall–Kier alpha value is -3.93. The van der Waals surface area contributed by atoms with Crippen LogP contribution in [-0.2, 0) is 20.9 Å². The summed E-state index contributed by atoms with van der Waals surface area (Å²) in [4.78, 5) is 7.59. The number of hydrogen-bond donors (Lipinski definition) is 2. The summed E-state index contributed by atoms with van der Waals surface area (Å²) in [5.41, 5.74) is 1.97. The Morgan fingerprint density at radius 1 is 1.03 bits per heavy atom. The molecule has 0 radical (unpaired) electrons. The number of ether oxygens (including phenoxy) is 1. The Balaban J connectivity index is 1.66. The Kier molecular flexibility index (Phi) is 6.38. The summed E-state index contributed by atoms with van der Waals surface area (Å²) < 4.78 is 72.3. The van der Waals surface area contributed by atoms with Crippen molar-refractivity contribution in [2.45, 2.75) is 24.3 Å². The first-order valence-corrected chi connectivity index (χ1v) is 12.9. The van der Waals surface area contributed by atoms with E-state index in [1.165, 1.54) is 37.7 Å². The van der Waals surface area contributed by atoms with E-state index in [0.717, 1.165) is 16.1 Å². The van der Waals surface area contributed by atoms with Crippen LogP contribution >= 0.6 is 0 Å². The minimum Gasteiger partial charge on any atom is -0.364 e. The van der Waals surface area contributed by atoms with Crippen LogP contribution in [0.4, 0.5) is 13.2 Å². The van der Waals surface area contributed by atoms with E-state index in [-0.39, 0.29) is 10.5 Å². The van der Waals surface area contributed by atoms with Gasteiger partial charge in [-0.05, 0) is 55.0 Å². The topological polar surface area (TPSA) is 97.2 Å². The van der Waals surface area contributed by atoms with Gasteiger partial charge in [-0.1, -0.05) is 24.3 Å². The third-order valence-electron chi connectivity index (χ3n) is 6.31. The highest BCUT2D eigenvalue weighted by Gasteiger charge is 2.31. The maximum Gasteiger partial charge on any atom is 0.416 e. The van der Waals surface area contributed by atoms with Crippen LogP contribution in [0.3, 0.4) is 0 Å². The lowest BCUT2D eigenvalue weighted by Crippen LogP contribution is -2.12. The molecular formula is C27H22F3N3O4S. The average Bonchev–Trinajstić information content (AvgIpc) is 3.53. The normalized spacial score (nSPS) is 13.2. The van der Waals surface area contributed by atoms with E-state index in [1.54, 1.807) is 43.3 Å². The summed E-state index contributed by atoms with van der Waals surface area (Å²) in [5.74, 6) is 0. The van der Waals surface area contributed by atoms with Gasteiger partial charge in [-0.2, -0.15) is 13.2 Å². The maximum absolute atomic E-state index is 13.2. The molecule has 5 rings (SSSR count). The van der Waals surface area contributed by atoms with Gasteiger partial charge in [0.25, 0.3) is 10.0 Å². The standard InChI is InChI=1S/C27H22F3N3O4S/c1-16-14-17(27(28,29)30)8-9-19(16)24-22(26(34)37-2)15-23(32-24)20-10-12-31-25-21(20)11-13-33(25)38(35,36)18-6-4-3-5-7-18/h3-15,26,32,34H,1-2H3. The number of aromatic nitrogens is 3. The molecule has 0 aliphatic rings. The summed E-state index contributed by atoms with van der Waals surface area (Å²) >= 11 is 0. The zero-order valence-electron chi connectivity index (χ0n) is 20.2. The molecule has 5 aromatic rings. The van der Waals surface area contributed by atoms with Crippen LogP contribution in [0.1, 0.15) is 23.0 Å². The van der Waals surface area contributed by atoms with Crippen LogP contribution in [0.5, 0.6) is 0 Å². The van der Waals surface area contributed by atoms with Crippen molar-refractivity contribution >= 4 is 21.1 Å². The van der Waals surface area contributed by atoms with Gasteiger partial charge >= 0.3 is 6.18 Å². The Labute approximate surface area is 216 Å². The number of alkyl halides is 3. The van der Waals surface area contributed by atoms with E-state index < -0.39 is 28.1 Å². The van der Waals surface area contributed by atoms with Gasteiger partial charge in [-0.25, -0.2) is 17.4 Å². The molecule has 3 aromatic heterocycles. The summed E-state index contributed by atoms with van der Waals surface area (Å²) in [6.07, 6.45) is -2.98. The zero-order chi connectivity index (χ0) is 27.2. The second-order valence-corrected chi connectivity index (χ2v) is 10.5. The van der Waals surface area contributed by atoms with E-state index in [1.807, 2.05) is 0 Å². The molecule has 0 bridgehead atoms. The molecule has 0 aliphatic carbocycles. The van der Waals surface area contributed by atoms with Crippen molar-refractivity contribution in [3.63, 3.8) is 0 Å². The van der Waals surface area contributed by atoms with Gasteiger partial charge in [0, 0.05) is 47.3 Å². The van der Waals surface area contributed by atoms with E-state index in [4.69, 9.17) is 4.74 Å². The number of fused-ring (bicyclic) bond motifs is 1. The summed E-state index contributed by atoms with van der Waals surface area (Å²) in [6, 6.07) is 16.2. The molecule has 1 atom stereocenters. The van der Waals surface area contributed by atoms with Gasteiger partial charge in [0.2, 0.25) is 0 Å². The minimum atomic E-state index is -4.49. The van der Waals surface area contributed by atoms with Crippen molar-refractivity contribution in [3.8, 4) is 22.5 Å². The number of aliphatic hydroxyl groups is 1. The number of hydrogen-bond acceptors (Lipinski definition) is 5. The van der Waals surface area contributed by atoms with Crippen LogP contribution in [0.2, 0.25) is 0 Å². The number of aryl methyl sites for hydroxylation is 1. The van der Waals surface area contributed by atoms with Gasteiger partial charge in [0.15, 0.2) is 11.9 Å². The zero-order valence-corrected chi connectivity index (χ0v) is 21.0. The lowest BCUT2D eigenvalue weighted by molar-refractivity contribution is -0.137. The molecule has 3 heterocycles. The van der Waals surface area contributed by atoms with Crippen molar-refractivity contribution in [2.24, 2.45) is 0 Å². The number of rotatable bonds is 6. The van der Waals surface area contributed by atoms with Crippen LogP contribution in [0, 0.1) is 6.92 Å². The second kappa shape index (κ2) is 9.43. The van der Waals surface area contributed by atoms with Crippen LogP contribution in [0.25, 0.3) is 33.5 Å². The highest BCUT2D eigenvalue weighted by Crippen LogP contribution is 2.39. The molecule has 0 saturated heterocycles. The van der Waals surface area contributed by atoms with Gasteiger partial charge in [0.05, 0.1) is 16.2 Å². The Bertz CT molecular complexity index is 1740. The van der Waals surface area contributed by atoms with Crippen molar-refractivity contribution in [2.75, 3.05) is 7.11 Å². The number of aliphatic hydroxyl groups excluding tert-OH is 1. The van der Waals surface area contributed by atoms with Crippen LogP contribution < -0.4 is 0 Å². The summed E-state index contributed by atoms with van der Waals surface area (Å²) in [6.45, 7) is 1.55. The number of benzene rings is 2. The molecule has 196 valence electrons. The molecule has 0 spiro atoms. The molecule has 11 heteroatoms. The molecule has 0 aliphatic heterocycles. The molecule has 1 unspecified atom stereocenters. The molecule has 38 heavy (non-hydrogen) atoms. The highest BCUT2D eigenvalue weighted by molar-refractivity contribution is 7.90. The number of nitrogens with zero attached hydrogens (tertiary/aromatic N) is 2. The highest BCUT2D eigenvalue weighted by atomic mass is 32.2. The molecule has 7 nitrogen and oxygen atoms in total. The van der Waals surface area contributed by atoms with E-state index >= 15 is 0 Å². The SMILES string of the molecule is COC(O)c1cc(-c2ccnc3c2ccn3S(=O)(=O)c2ccccc2)[nH]c1-c1ccc(C(F)(F)F)cc1C. The van der Waals surface area contributed by atoms with Crippen LogP contribution in [0.15, 0.2) is 84.0 Å². The van der Waals surface area contributed by atoms with Gasteiger partial charge in [-0.3, -0.25) is 0 Å². The third kappa shape index (κ3) is 4.38. The van der Waals surface area contributed by atoms with Crippen LogP contribution in [-0.4, -0.2) is 34.6 Å². The number of nitrogens with one attached hydrogen (secondary N) is 1. The lowest BCUT2D eigenvalue weighted by atomic mass is 9.99. The largest absolute Gasteiger partial charge is 0.416 e. The lowest BCUT2D eigenvalue weighted by Gasteiger charge is -2.13. The fourth-order valence-electron chi connectivity index (χ4n) is 4.43. The number of methoxy groups -OCH3 is 1. The first-order chi connectivity index (χ1) is 18.0. The summed E-state index contributed by atoms with van der Waals surface area (Å²) in [5, 5.41) is 11.1. The fraction of sp³-hybridized carbons (Fsp3) is 0.148. The Morgan fingerprint density at radius 2 is 1.76 bits per heavy atom. The predicted molar refractivity (Wildman–Crippen MR) is 136 cm³/mol. The Morgan fingerprint density at radius 3 is 2.42 bits per heavy atom. The van der Waals surface area contributed by atoms with E-state index in [2.05, 4.69) is 9.97 Å². The second-order valence-electron chi connectivity index (χ2n) is 8.65. The van der Waals surface area contributed by atoms with E-state index in [9.17, 15) is 26.7 Å². The van der Waals surface area contributed by atoms with Gasteiger partial charge in [-0.15, -0.1) is 0 Å². The molecule has 0 fully saturated rings. The molecule has 2 aromatic carbocycles. The van der Waals surface area contributed by atoms with E-state index in [0.29, 0.717) is 39.0 Å². The quantitative estimate of drug-likeness (QED) is 0.261. The third-order valence-corrected chi connectivity index (χ3v) is 7.99. The van der Waals surface area contributed by atoms with Crippen molar-refractivity contribution in [3.05, 3.63) is 95.8 Å². The predicted octanol–water partition coefficient (Wildman–Crippen LogP) is 5.90. The first kappa shape index (κ1) is 25.7.